The number of imidazole rings is 1. The summed E-state index contributed by atoms with van der Waals surface area (Å²) in [6, 6.07) is 1.47. The highest BCUT2D eigenvalue weighted by Crippen LogP contribution is 2.30. The predicted molar refractivity (Wildman–Crippen MR) is 91.9 cm³/mol. The maximum atomic E-state index is 12.9. The molecule has 8 nitrogen and oxygen atoms in total. The Morgan fingerprint density at radius 2 is 1.78 bits per heavy atom. The first-order valence-corrected chi connectivity index (χ1v) is 8.26. The Morgan fingerprint density at radius 1 is 1.07 bits per heavy atom. The van der Waals surface area contributed by atoms with Crippen LogP contribution in [0.3, 0.4) is 0 Å². The van der Waals surface area contributed by atoms with Gasteiger partial charge >= 0.3 is 6.18 Å². The topological polar surface area (TPSA) is 71.6 Å². The molecule has 0 N–H and O–H groups in total. The number of fused-ring (bicyclic) bond motifs is 1. The second kappa shape index (κ2) is 6.25. The van der Waals surface area contributed by atoms with Crippen LogP contribution in [0, 0.1) is 0 Å². The summed E-state index contributed by atoms with van der Waals surface area (Å²) < 4.78 is 41.6. The molecule has 1 aliphatic rings. The van der Waals surface area contributed by atoms with Gasteiger partial charge in [0.15, 0.2) is 17.2 Å². The summed E-state index contributed by atoms with van der Waals surface area (Å²) in [7, 11) is 1.63. The van der Waals surface area contributed by atoms with Gasteiger partial charge in [0.25, 0.3) is 5.56 Å². The van der Waals surface area contributed by atoms with Crippen LogP contribution in [0.15, 0.2) is 35.8 Å². The summed E-state index contributed by atoms with van der Waals surface area (Å²) in [5.41, 5.74) is -0.921. The molecule has 0 saturated carbocycles. The minimum Gasteiger partial charge on any atom is -0.353 e. The Morgan fingerprint density at radius 3 is 2.44 bits per heavy atom. The van der Waals surface area contributed by atoms with Crippen molar-refractivity contribution in [3.63, 3.8) is 0 Å². The second-order valence-corrected chi connectivity index (χ2v) is 6.28. The Kier molecular flexibility index (Phi) is 4.01. The third-order valence-corrected chi connectivity index (χ3v) is 4.51. The lowest BCUT2D eigenvalue weighted by molar-refractivity contribution is -0.140. The van der Waals surface area contributed by atoms with E-state index in [1.807, 2.05) is 9.80 Å². The van der Waals surface area contributed by atoms with Gasteiger partial charge in [-0.3, -0.25) is 4.79 Å². The lowest BCUT2D eigenvalue weighted by Gasteiger charge is -2.35. The number of rotatable bonds is 2. The molecule has 4 rings (SSSR count). The number of piperazine rings is 1. The van der Waals surface area contributed by atoms with Crippen LogP contribution in [-0.4, -0.2) is 50.1 Å². The van der Waals surface area contributed by atoms with E-state index in [1.54, 1.807) is 7.05 Å². The number of halogens is 3. The average Bonchev–Trinajstić information content (AvgIpc) is 3.09. The van der Waals surface area contributed by atoms with Crippen molar-refractivity contribution < 1.29 is 13.2 Å². The van der Waals surface area contributed by atoms with E-state index in [0.717, 1.165) is 6.20 Å². The molecule has 0 aliphatic carbocycles. The van der Waals surface area contributed by atoms with Gasteiger partial charge < -0.3 is 18.8 Å². The van der Waals surface area contributed by atoms with Gasteiger partial charge in [0, 0.05) is 57.9 Å². The van der Waals surface area contributed by atoms with Gasteiger partial charge in [-0.05, 0) is 0 Å². The van der Waals surface area contributed by atoms with Crippen molar-refractivity contribution in [2.75, 3.05) is 36.0 Å². The second-order valence-electron chi connectivity index (χ2n) is 6.28. The number of anilines is 2. The van der Waals surface area contributed by atoms with Crippen LogP contribution < -0.4 is 15.4 Å². The Bertz CT molecular complexity index is 1030. The molecular formula is C16H16F3N7O. The highest BCUT2D eigenvalue weighted by Gasteiger charge is 2.34. The summed E-state index contributed by atoms with van der Waals surface area (Å²) in [5.74, 6) is 0.994. The zero-order valence-electron chi connectivity index (χ0n) is 14.4. The third-order valence-electron chi connectivity index (χ3n) is 4.51. The molecule has 11 heteroatoms. The number of aryl methyl sites for hydroxylation is 1. The van der Waals surface area contributed by atoms with Crippen molar-refractivity contribution >= 4 is 17.3 Å². The van der Waals surface area contributed by atoms with E-state index in [4.69, 9.17) is 0 Å². The minimum atomic E-state index is -4.51. The van der Waals surface area contributed by atoms with Crippen molar-refractivity contribution in [2.45, 2.75) is 6.18 Å². The van der Waals surface area contributed by atoms with Gasteiger partial charge in [0.1, 0.15) is 5.82 Å². The molecule has 3 aromatic rings. The third kappa shape index (κ3) is 3.20. The molecular weight excluding hydrogens is 363 g/mol. The fourth-order valence-electron chi connectivity index (χ4n) is 3.04. The largest absolute Gasteiger partial charge is 0.434 e. The van der Waals surface area contributed by atoms with Crippen LogP contribution in [-0.2, 0) is 13.2 Å². The SMILES string of the molecule is Cn1cnc(N2CCN(c3nccn4cc(C(F)(F)F)nc34)CC2)cc1=O. The standard InChI is InChI=1S/C16H16F3N7O/c1-23-10-21-12(8-13(23)27)24-4-6-25(7-5-24)14-15-22-11(16(17,18)19)9-26(15)3-2-20-14/h2-3,8-10H,4-7H2,1H3. The minimum absolute atomic E-state index is 0.147. The van der Waals surface area contributed by atoms with Gasteiger partial charge in [-0.15, -0.1) is 0 Å². The molecule has 1 aliphatic heterocycles. The summed E-state index contributed by atoms with van der Waals surface area (Å²) in [4.78, 5) is 27.8. The molecule has 0 radical (unpaired) electrons. The summed E-state index contributed by atoms with van der Waals surface area (Å²) in [6.45, 7) is 2.18. The Balaban J connectivity index is 1.57. The quantitative estimate of drug-likeness (QED) is 0.666. The zero-order valence-corrected chi connectivity index (χ0v) is 14.4. The number of aromatic nitrogens is 5. The van der Waals surface area contributed by atoms with E-state index in [0.29, 0.717) is 37.8 Å². The van der Waals surface area contributed by atoms with Gasteiger partial charge in [-0.25, -0.2) is 15.0 Å². The molecule has 3 aromatic heterocycles. The van der Waals surface area contributed by atoms with Crippen LogP contribution in [0.25, 0.3) is 5.65 Å². The number of nitrogens with zero attached hydrogens (tertiary/aromatic N) is 7. The van der Waals surface area contributed by atoms with Crippen LogP contribution in [0.2, 0.25) is 0 Å². The fourth-order valence-corrected chi connectivity index (χ4v) is 3.04. The molecule has 4 heterocycles. The molecule has 0 aromatic carbocycles. The normalized spacial score (nSPS) is 15.6. The maximum absolute atomic E-state index is 12.9. The highest BCUT2D eigenvalue weighted by molar-refractivity contribution is 5.65. The van der Waals surface area contributed by atoms with Crippen molar-refractivity contribution in [1.29, 1.82) is 0 Å². The smallest absolute Gasteiger partial charge is 0.353 e. The number of hydrogen-bond acceptors (Lipinski definition) is 6. The molecule has 0 bridgehead atoms. The Hall–Kier alpha value is -3.11. The summed E-state index contributed by atoms with van der Waals surface area (Å²) in [5, 5.41) is 0. The summed E-state index contributed by atoms with van der Waals surface area (Å²) >= 11 is 0. The van der Waals surface area contributed by atoms with Crippen molar-refractivity contribution in [2.24, 2.45) is 7.05 Å². The molecule has 1 saturated heterocycles. The predicted octanol–water partition coefficient (Wildman–Crippen LogP) is 1.17. The van der Waals surface area contributed by atoms with E-state index in [2.05, 4.69) is 15.0 Å². The number of hydrogen-bond donors (Lipinski definition) is 0. The fraction of sp³-hybridized carbons (Fsp3) is 0.375. The monoisotopic (exact) mass is 379 g/mol. The van der Waals surface area contributed by atoms with Gasteiger partial charge in [0.2, 0.25) is 0 Å². The molecule has 142 valence electrons. The van der Waals surface area contributed by atoms with E-state index in [1.165, 1.54) is 33.8 Å². The highest BCUT2D eigenvalue weighted by atomic mass is 19.4. The van der Waals surface area contributed by atoms with Crippen molar-refractivity contribution in [3.05, 3.63) is 47.0 Å². The van der Waals surface area contributed by atoms with E-state index in [-0.39, 0.29) is 11.2 Å². The average molecular weight is 379 g/mol. The zero-order chi connectivity index (χ0) is 19.2. The molecule has 0 atom stereocenters. The number of alkyl halides is 3. The van der Waals surface area contributed by atoms with Crippen molar-refractivity contribution in [1.82, 2.24) is 23.9 Å². The van der Waals surface area contributed by atoms with Crippen LogP contribution >= 0.6 is 0 Å². The first-order valence-electron chi connectivity index (χ1n) is 8.26. The van der Waals surface area contributed by atoms with E-state index in [9.17, 15) is 18.0 Å². The summed E-state index contributed by atoms with van der Waals surface area (Å²) in [6.07, 6.45) is 0.823. The Labute approximate surface area is 151 Å². The van der Waals surface area contributed by atoms with Gasteiger partial charge in [0.05, 0.1) is 6.33 Å². The first kappa shape index (κ1) is 17.3. The van der Waals surface area contributed by atoms with Crippen molar-refractivity contribution in [3.8, 4) is 0 Å². The van der Waals surface area contributed by atoms with Crippen LogP contribution in [0.5, 0.6) is 0 Å². The molecule has 27 heavy (non-hydrogen) atoms. The van der Waals surface area contributed by atoms with Crippen LogP contribution in [0.4, 0.5) is 24.8 Å². The maximum Gasteiger partial charge on any atom is 0.434 e. The van der Waals surface area contributed by atoms with E-state index < -0.39 is 11.9 Å². The lowest BCUT2D eigenvalue weighted by Crippen LogP contribution is -2.47. The lowest BCUT2D eigenvalue weighted by atomic mass is 10.3. The van der Waals surface area contributed by atoms with Gasteiger partial charge in [-0.2, -0.15) is 13.2 Å². The van der Waals surface area contributed by atoms with Gasteiger partial charge in [-0.1, -0.05) is 0 Å². The first-order chi connectivity index (χ1) is 12.8. The molecule has 0 spiro atoms. The molecule has 0 amide bonds. The van der Waals surface area contributed by atoms with E-state index >= 15 is 0 Å². The molecule has 1 fully saturated rings. The van der Waals surface area contributed by atoms with Crippen LogP contribution in [0.1, 0.15) is 5.69 Å². The molecule has 0 unspecified atom stereocenters.